The molecule has 5 heteroatoms. The number of piperidine rings is 2. The van der Waals surface area contributed by atoms with Gasteiger partial charge in [0.05, 0.1) is 5.56 Å². The van der Waals surface area contributed by atoms with Crippen LogP contribution in [0.5, 0.6) is 0 Å². The highest BCUT2D eigenvalue weighted by Gasteiger charge is 2.36. The summed E-state index contributed by atoms with van der Waals surface area (Å²) in [6.45, 7) is 0. The minimum absolute atomic E-state index is 0.109. The number of carbonyl (C=O) groups is 1. The molecule has 2 unspecified atom stereocenters. The highest BCUT2D eigenvalue weighted by molar-refractivity contribution is 6.31. The molecule has 2 heterocycles. The quantitative estimate of drug-likeness (QED) is 0.826. The number of carbonyl (C=O) groups excluding carboxylic acids is 1. The Balaban J connectivity index is 1.69. The van der Waals surface area contributed by atoms with E-state index in [0.717, 1.165) is 12.8 Å². The molecule has 2 aliphatic heterocycles. The average molecular weight is 308 g/mol. The summed E-state index contributed by atoms with van der Waals surface area (Å²) in [5.41, 5.74) is 6.84. The van der Waals surface area contributed by atoms with Crippen molar-refractivity contribution in [3.05, 3.63) is 28.8 Å². The number of fused-ring (bicyclic) bond motifs is 2. The largest absolute Gasteiger partial charge is 0.398 e. The zero-order chi connectivity index (χ0) is 15.0. The number of nitrogen functional groups attached to an aromatic ring is 1. The van der Waals surface area contributed by atoms with Crippen LogP contribution >= 0.6 is 11.6 Å². The van der Waals surface area contributed by atoms with Gasteiger partial charge in [-0.05, 0) is 50.9 Å². The summed E-state index contributed by atoms with van der Waals surface area (Å²) in [6, 6.07) is 6.46. The SMILES string of the molecule is CN1C2CCCC1CC(NC(=O)c1cc(Cl)ccc1N)C2. The van der Waals surface area contributed by atoms with Crippen LogP contribution in [0.2, 0.25) is 5.02 Å². The second kappa shape index (κ2) is 5.85. The number of hydrogen-bond donors (Lipinski definition) is 2. The zero-order valence-electron chi connectivity index (χ0n) is 12.3. The summed E-state index contributed by atoms with van der Waals surface area (Å²) in [6.07, 6.45) is 5.83. The molecule has 3 rings (SSSR count). The Morgan fingerprint density at radius 3 is 2.67 bits per heavy atom. The van der Waals surface area contributed by atoms with Crippen LogP contribution in [0.25, 0.3) is 0 Å². The maximum absolute atomic E-state index is 12.4. The minimum atomic E-state index is -0.109. The maximum Gasteiger partial charge on any atom is 0.253 e. The second-order valence-corrected chi connectivity index (χ2v) is 6.71. The predicted octanol–water partition coefficient (Wildman–Crippen LogP) is 2.67. The van der Waals surface area contributed by atoms with Gasteiger partial charge in [-0.1, -0.05) is 18.0 Å². The van der Waals surface area contributed by atoms with Crippen molar-refractivity contribution < 1.29 is 4.79 Å². The monoisotopic (exact) mass is 307 g/mol. The van der Waals surface area contributed by atoms with Crippen LogP contribution in [0.15, 0.2) is 18.2 Å². The molecule has 2 saturated heterocycles. The zero-order valence-corrected chi connectivity index (χ0v) is 13.1. The third-order valence-electron chi connectivity index (χ3n) is 4.94. The Kier molecular flexibility index (Phi) is 4.09. The molecular weight excluding hydrogens is 286 g/mol. The predicted molar refractivity (Wildman–Crippen MR) is 85.5 cm³/mol. The number of nitrogens with one attached hydrogen (secondary N) is 1. The number of halogens is 1. The third-order valence-corrected chi connectivity index (χ3v) is 5.17. The number of amides is 1. The molecule has 2 bridgehead atoms. The van der Waals surface area contributed by atoms with Crippen LogP contribution < -0.4 is 11.1 Å². The van der Waals surface area contributed by atoms with Crippen LogP contribution in [0.3, 0.4) is 0 Å². The van der Waals surface area contributed by atoms with Crippen LogP contribution in [0.1, 0.15) is 42.5 Å². The number of hydrogen-bond acceptors (Lipinski definition) is 3. The van der Waals surface area contributed by atoms with Gasteiger partial charge >= 0.3 is 0 Å². The van der Waals surface area contributed by atoms with Crippen molar-refractivity contribution in [2.24, 2.45) is 0 Å². The van der Waals surface area contributed by atoms with Gasteiger partial charge in [-0.2, -0.15) is 0 Å². The number of anilines is 1. The van der Waals surface area contributed by atoms with Gasteiger partial charge in [-0.3, -0.25) is 4.79 Å². The molecule has 2 aliphatic rings. The van der Waals surface area contributed by atoms with E-state index in [-0.39, 0.29) is 11.9 Å². The van der Waals surface area contributed by atoms with Crippen molar-refractivity contribution >= 4 is 23.2 Å². The van der Waals surface area contributed by atoms with E-state index in [1.54, 1.807) is 18.2 Å². The van der Waals surface area contributed by atoms with E-state index in [1.807, 2.05) is 0 Å². The molecular formula is C16H22ClN3O. The van der Waals surface area contributed by atoms with Gasteiger partial charge in [-0.15, -0.1) is 0 Å². The first kappa shape index (κ1) is 14.7. The lowest BCUT2D eigenvalue weighted by Gasteiger charge is -2.47. The summed E-state index contributed by atoms with van der Waals surface area (Å²) in [5, 5.41) is 3.68. The van der Waals surface area contributed by atoms with Crippen molar-refractivity contribution in [2.45, 2.75) is 50.2 Å². The Morgan fingerprint density at radius 2 is 2.00 bits per heavy atom. The highest BCUT2D eigenvalue weighted by Crippen LogP contribution is 2.32. The Bertz CT molecular complexity index is 534. The van der Waals surface area contributed by atoms with Gasteiger partial charge < -0.3 is 16.0 Å². The van der Waals surface area contributed by atoms with Gasteiger partial charge in [0.2, 0.25) is 0 Å². The Labute approximate surface area is 130 Å². The van der Waals surface area contributed by atoms with Crippen LogP contribution in [-0.4, -0.2) is 36.0 Å². The normalized spacial score (nSPS) is 29.1. The van der Waals surface area contributed by atoms with Crippen molar-refractivity contribution in [1.29, 1.82) is 0 Å². The number of nitrogens with two attached hydrogens (primary N) is 1. The van der Waals surface area contributed by atoms with E-state index in [2.05, 4.69) is 17.3 Å². The fourth-order valence-electron chi connectivity index (χ4n) is 3.72. The van der Waals surface area contributed by atoms with Gasteiger partial charge in [0, 0.05) is 28.8 Å². The molecule has 0 aliphatic carbocycles. The molecule has 2 atom stereocenters. The molecule has 0 radical (unpaired) electrons. The first-order valence-electron chi connectivity index (χ1n) is 7.62. The summed E-state index contributed by atoms with van der Waals surface area (Å²) < 4.78 is 0. The third kappa shape index (κ3) is 3.01. The molecule has 0 saturated carbocycles. The van der Waals surface area contributed by atoms with Crippen molar-refractivity contribution in [2.75, 3.05) is 12.8 Å². The van der Waals surface area contributed by atoms with Crippen LogP contribution in [0.4, 0.5) is 5.69 Å². The fourth-order valence-corrected chi connectivity index (χ4v) is 3.89. The maximum atomic E-state index is 12.4. The lowest BCUT2D eigenvalue weighted by atomic mass is 9.82. The van der Waals surface area contributed by atoms with Crippen molar-refractivity contribution in [3.8, 4) is 0 Å². The standard InChI is InChI=1S/C16H22ClN3O/c1-20-12-3-2-4-13(20)9-11(8-12)19-16(21)14-7-10(17)5-6-15(14)18/h5-7,11-13H,2-4,8-9,18H2,1H3,(H,19,21). The summed E-state index contributed by atoms with van der Waals surface area (Å²) in [5.74, 6) is -0.109. The van der Waals surface area contributed by atoms with Crippen LogP contribution in [0, 0.1) is 0 Å². The summed E-state index contributed by atoms with van der Waals surface area (Å²) in [7, 11) is 2.21. The first-order chi connectivity index (χ1) is 10.0. The number of nitrogens with zero attached hydrogens (tertiary/aromatic N) is 1. The topological polar surface area (TPSA) is 58.4 Å². The van der Waals surface area contributed by atoms with Gasteiger partial charge in [0.25, 0.3) is 5.91 Å². The fraction of sp³-hybridized carbons (Fsp3) is 0.562. The lowest BCUT2D eigenvalue weighted by molar-refractivity contribution is 0.0463. The van der Waals surface area contributed by atoms with E-state index in [1.165, 1.54) is 19.3 Å². The average Bonchev–Trinajstić information content (AvgIpc) is 2.42. The van der Waals surface area contributed by atoms with E-state index < -0.39 is 0 Å². The number of rotatable bonds is 2. The van der Waals surface area contributed by atoms with Gasteiger partial charge in [0.1, 0.15) is 0 Å². The summed E-state index contributed by atoms with van der Waals surface area (Å²) >= 11 is 5.96. The highest BCUT2D eigenvalue weighted by atomic mass is 35.5. The summed E-state index contributed by atoms with van der Waals surface area (Å²) in [4.78, 5) is 14.9. The van der Waals surface area contributed by atoms with E-state index in [4.69, 9.17) is 17.3 Å². The molecule has 1 aromatic rings. The molecule has 1 aromatic carbocycles. The smallest absolute Gasteiger partial charge is 0.253 e. The molecule has 4 nitrogen and oxygen atoms in total. The Morgan fingerprint density at radius 1 is 1.33 bits per heavy atom. The van der Waals surface area contributed by atoms with E-state index >= 15 is 0 Å². The Hall–Kier alpha value is -1.26. The van der Waals surface area contributed by atoms with Gasteiger partial charge in [-0.25, -0.2) is 0 Å². The first-order valence-corrected chi connectivity index (χ1v) is 8.00. The second-order valence-electron chi connectivity index (χ2n) is 6.28. The molecule has 3 N–H and O–H groups in total. The minimum Gasteiger partial charge on any atom is -0.398 e. The van der Waals surface area contributed by atoms with Crippen molar-refractivity contribution in [1.82, 2.24) is 10.2 Å². The van der Waals surface area contributed by atoms with Crippen molar-refractivity contribution in [3.63, 3.8) is 0 Å². The number of benzene rings is 1. The van der Waals surface area contributed by atoms with E-state index in [0.29, 0.717) is 28.4 Å². The van der Waals surface area contributed by atoms with E-state index in [9.17, 15) is 4.79 Å². The molecule has 114 valence electrons. The van der Waals surface area contributed by atoms with Gasteiger partial charge in [0.15, 0.2) is 0 Å². The molecule has 0 spiro atoms. The lowest BCUT2D eigenvalue weighted by Crippen LogP contribution is -2.55. The molecule has 0 aromatic heterocycles. The molecule has 2 fully saturated rings. The molecule has 21 heavy (non-hydrogen) atoms. The molecule has 1 amide bonds. The van der Waals surface area contributed by atoms with Crippen LogP contribution in [-0.2, 0) is 0 Å².